The number of hydrogen-bond donors (Lipinski definition) is 2. The summed E-state index contributed by atoms with van der Waals surface area (Å²) in [7, 11) is 0. The number of nitrogens with two attached hydrogens (primary N) is 1. The second kappa shape index (κ2) is 9.79. The highest BCUT2D eigenvalue weighted by Crippen LogP contribution is 2.30. The molecule has 25 heavy (non-hydrogen) atoms. The fourth-order valence-electron chi connectivity index (χ4n) is 2.50. The Morgan fingerprint density at radius 2 is 1.92 bits per heavy atom. The maximum Gasteiger partial charge on any atom is 0.243 e. The van der Waals surface area contributed by atoms with Crippen LogP contribution < -0.4 is 15.8 Å². The lowest BCUT2D eigenvalue weighted by atomic mass is 10.1. The van der Waals surface area contributed by atoms with Crippen molar-refractivity contribution in [1.29, 1.82) is 0 Å². The Kier molecular flexibility index (Phi) is 7.41. The van der Waals surface area contributed by atoms with Crippen LogP contribution in [-0.4, -0.2) is 17.4 Å². The van der Waals surface area contributed by atoms with E-state index in [1.165, 1.54) is 0 Å². The molecule has 1 heterocycles. The van der Waals surface area contributed by atoms with Crippen molar-refractivity contribution in [1.82, 2.24) is 4.98 Å². The van der Waals surface area contributed by atoms with E-state index in [4.69, 9.17) is 10.5 Å². The van der Waals surface area contributed by atoms with Gasteiger partial charge in [-0.05, 0) is 62.6 Å². The number of carbonyl (C=O) groups excluding carboxylic acids is 1. The SMILES string of the molecule is Cc1cccc(Oc2ncccc2NC(=O)CCCCCCN)c1C. The number of carbonyl (C=O) groups is 1. The molecule has 0 aliphatic rings. The Bertz CT molecular complexity index is 701. The van der Waals surface area contributed by atoms with Crippen LogP contribution in [0.1, 0.15) is 43.2 Å². The van der Waals surface area contributed by atoms with Gasteiger partial charge in [0, 0.05) is 12.6 Å². The van der Waals surface area contributed by atoms with Crippen molar-refractivity contribution in [3.63, 3.8) is 0 Å². The van der Waals surface area contributed by atoms with Gasteiger partial charge in [-0.3, -0.25) is 4.79 Å². The zero-order chi connectivity index (χ0) is 18.1. The third kappa shape index (κ3) is 5.87. The average molecular weight is 341 g/mol. The minimum Gasteiger partial charge on any atom is -0.437 e. The number of benzene rings is 1. The number of pyridine rings is 1. The van der Waals surface area contributed by atoms with E-state index in [1.54, 1.807) is 18.3 Å². The van der Waals surface area contributed by atoms with Crippen LogP contribution in [0.3, 0.4) is 0 Å². The van der Waals surface area contributed by atoms with Crippen molar-refractivity contribution in [3.8, 4) is 11.6 Å². The third-order valence-electron chi connectivity index (χ3n) is 4.16. The van der Waals surface area contributed by atoms with Crippen molar-refractivity contribution in [2.24, 2.45) is 5.73 Å². The Morgan fingerprint density at radius 1 is 1.12 bits per heavy atom. The Morgan fingerprint density at radius 3 is 2.72 bits per heavy atom. The summed E-state index contributed by atoms with van der Waals surface area (Å²) in [6.45, 7) is 4.75. The number of aryl methyl sites for hydroxylation is 1. The van der Waals surface area contributed by atoms with Gasteiger partial charge in [0.25, 0.3) is 0 Å². The molecule has 0 saturated carbocycles. The zero-order valence-electron chi connectivity index (χ0n) is 15.0. The molecule has 0 bridgehead atoms. The summed E-state index contributed by atoms with van der Waals surface area (Å²) in [5.41, 5.74) is 8.28. The van der Waals surface area contributed by atoms with Gasteiger partial charge in [0.15, 0.2) is 0 Å². The highest BCUT2D eigenvalue weighted by Gasteiger charge is 2.11. The Balaban J connectivity index is 1.98. The van der Waals surface area contributed by atoms with Crippen LogP contribution in [0.2, 0.25) is 0 Å². The zero-order valence-corrected chi connectivity index (χ0v) is 15.0. The first-order valence-electron chi connectivity index (χ1n) is 8.81. The molecular weight excluding hydrogens is 314 g/mol. The minimum atomic E-state index is -0.0217. The van der Waals surface area contributed by atoms with Crippen molar-refractivity contribution < 1.29 is 9.53 Å². The fourth-order valence-corrected chi connectivity index (χ4v) is 2.50. The predicted molar refractivity (Wildman–Crippen MR) is 101 cm³/mol. The van der Waals surface area contributed by atoms with Gasteiger partial charge in [0.2, 0.25) is 11.8 Å². The van der Waals surface area contributed by atoms with Crippen LogP contribution >= 0.6 is 0 Å². The van der Waals surface area contributed by atoms with E-state index < -0.39 is 0 Å². The first-order valence-corrected chi connectivity index (χ1v) is 8.81. The highest BCUT2D eigenvalue weighted by atomic mass is 16.5. The Labute approximate surface area is 149 Å². The number of anilines is 1. The molecule has 1 aromatic carbocycles. The molecule has 0 atom stereocenters. The molecule has 134 valence electrons. The van der Waals surface area contributed by atoms with E-state index in [-0.39, 0.29) is 5.91 Å². The lowest BCUT2D eigenvalue weighted by Crippen LogP contribution is -2.12. The predicted octanol–water partition coefficient (Wildman–Crippen LogP) is 4.34. The number of rotatable bonds is 9. The number of hydrogen-bond acceptors (Lipinski definition) is 4. The highest BCUT2D eigenvalue weighted by molar-refractivity contribution is 5.91. The summed E-state index contributed by atoms with van der Waals surface area (Å²) in [4.78, 5) is 16.4. The molecule has 2 aromatic rings. The smallest absolute Gasteiger partial charge is 0.243 e. The molecule has 0 aliphatic heterocycles. The number of amides is 1. The van der Waals surface area contributed by atoms with Crippen LogP contribution in [0.25, 0.3) is 0 Å². The second-order valence-corrected chi connectivity index (χ2v) is 6.16. The maximum absolute atomic E-state index is 12.2. The lowest BCUT2D eigenvalue weighted by Gasteiger charge is -2.13. The third-order valence-corrected chi connectivity index (χ3v) is 4.16. The average Bonchev–Trinajstić information content (AvgIpc) is 2.60. The molecular formula is C20H27N3O2. The summed E-state index contributed by atoms with van der Waals surface area (Å²) in [6.07, 6.45) is 6.10. The van der Waals surface area contributed by atoms with Crippen molar-refractivity contribution in [2.45, 2.75) is 46.0 Å². The maximum atomic E-state index is 12.2. The van der Waals surface area contributed by atoms with Gasteiger partial charge in [0.1, 0.15) is 11.4 Å². The van der Waals surface area contributed by atoms with Gasteiger partial charge in [-0.15, -0.1) is 0 Å². The topological polar surface area (TPSA) is 77.2 Å². The van der Waals surface area contributed by atoms with Crippen LogP contribution in [0, 0.1) is 13.8 Å². The summed E-state index contributed by atoms with van der Waals surface area (Å²) >= 11 is 0. The Hall–Kier alpha value is -2.40. The van der Waals surface area contributed by atoms with E-state index in [9.17, 15) is 4.79 Å². The largest absolute Gasteiger partial charge is 0.437 e. The van der Waals surface area contributed by atoms with Gasteiger partial charge >= 0.3 is 0 Å². The van der Waals surface area contributed by atoms with Crippen LogP contribution in [0.15, 0.2) is 36.5 Å². The molecule has 1 amide bonds. The molecule has 0 unspecified atom stereocenters. The molecule has 1 aromatic heterocycles. The van der Waals surface area contributed by atoms with Crippen molar-refractivity contribution in [3.05, 3.63) is 47.7 Å². The molecule has 5 nitrogen and oxygen atoms in total. The van der Waals surface area contributed by atoms with E-state index in [0.29, 0.717) is 24.5 Å². The summed E-state index contributed by atoms with van der Waals surface area (Å²) < 4.78 is 5.94. The van der Waals surface area contributed by atoms with E-state index in [0.717, 1.165) is 42.6 Å². The second-order valence-electron chi connectivity index (χ2n) is 6.16. The quantitative estimate of drug-likeness (QED) is 0.665. The lowest BCUT2D eigenvalue weighted by molar-refractivity contribution is -0.116. The van der Waals surface area contributed by atoms with Crippen LogP contribution in [0.4, 0.5) is 5.69 Å². The van der Waals surface area contributed by atoms with Gasteiger partial charge in [-0.2, -0.15) is 0 Å². The number of nitrogens with zero attached hydrogens (tertiary/aromatic N) is 1. The summed E-state index contributed by atoms with van der Waals surface area (Å²) in [5.74, 6) is 1.13. The van der Waals surface area contributed by atoms with Crippen molar-refractivity contribution >= 4 is 11.6 Å². The molecule has 5 heteroatoms. The van der Waals surface area contributed by atoms with Crippen molar-refractivity contribution in [2.75, 3.05) is 11.9 Å². The number of nitrogens with one attached hydrogen (secondary N) is 1. The molecule has 0 radical (unpaired) electrons. The first-order chi connectivity index (χ1) is 12.1. The molecule has 3 N–H and O–H groups in total. The van der Waals surface area contributed by atoms with E-state index >= 15 is 0 Å². The number of aromatic nitrogens is 1. The van der Waals surface area contributed by atoms with E-state index in [2.05, 4.69) is 10.3 Å². The van der Waals surface area contributed by atoms with Gasteiger partial charge in [-0.25, -0.2) is 4.98 Å². The molecule has 0 fully saturated rings. The number of unbranched alkanes of at least 4 members (excludes halogenated alkanes) is 3. The minimum absolute atomic E-state index is 0.0217. The molecule has 0 saturated heterocycles. The van der Waals surface area contributed by atoms with Crippen LogP contribution in [0.5, 0.6) is 11.6 Å². The standard InChI is InChI=1S/C20H27N3O2/c1-15-9-7-11-18(16(15)2)25-20-17(10-8-14-22-20)23-19(24)12-5-3-4-6-13-21/h7-11,14H,3-6,12-13,21H2,1-2H3,(H,23,24). The van der Waals surface area contributed by atoms with E-state index in [1.807, 2.05) is 32.0 Å². The summed E-state index contributed by atoms with van der Waals surface area (Å²) in [5, 5.41) is 2.90. The van der Waals surface area contributed by atoms with Gasteiger partial charge in [0.05, 0.1) is 0 Å². The molecule has 2 rings (SSSR count). The summed E-state index contributed by atoms with van der Waals surface area (Å²) in [6, 6.07) is 9.47. The van der Waals surface area contributed by atoms with Gasteiger partial charge in [-0.1, -0.05) is 25.0 Å². The van der Waals surface area contributed by atoms with Gasteiger partial charge < -0.3 is 15.8 Å². The molecule has 0 spiro atoms. The normalized spacial score (nSPS) is 10.5. The number of ether oxygens (including phenoxy) is 1. The first kappa shape index (κ1) is 18.9. The fraction of sp³-hybridized carbons (Fsp3) is 0.400. The molecule has 0 aliphatic carbocycles. The monoisotopic (exact) mass is 341 g/mol. The van der Waals surface area contributed by atoms with Crippen LogP contribution in [-0.2, 0) is 4.79 Å².